The van der Waals surface area contributed by atoms with Gasteiger partial charge < -0.3 is 19.7 Å². The molecule has 0 aromatic carbocycles. The Hall–Kier alpha value is -1.17. The number of anilines is 1. The molecular formula is C16H29N3O2. The van der Waals surface area contributed by atoms with Crippen molar-refractivity contribution in [1.82, 2.24) is 10.3 Å². The maximum atomic E-state index is 5.18. The minimum absolute atomic E-state index is 0.646. The third kappa shape index (κ3) is 7.41. The van der Waals surface area contributed by atoms with Crippen LogP contribution in [0.4, 0.5) is 5.69 Å². The molecule has 5 heteroatoms. The molecule has 1 rings (SSSR count). The van der Waals surface area contributed by atoms with Crippen molar-refractivity contribution >= 4 is 5.69 Å². The average Bonchev–Trinajstić information content (AvgIpc) is 2.47. The monoisotopic (exact) mass is 295 g/mol. The van der Waals surface area contributed by atoms with Crippen molar-refractivity contribution in [2.45, 2.75) is 20.4 Å². The van der Waals surface area contributed by atoms with Crippen molar-refractivity contribution in [3.63, 3.8) is 0 Å². The molecule has 0 saturated carbocycles. The Kier molecular flexibility index (Phi) is 8.98. The van der Waals surface area contributed by atoms with Gasteiger partial charge in [0.1, 0.15) is 0 Å². The summed E-state index contributed by atoms with van der Waals surface area (Å²) in [5.41, 5.74) is 2.23. The van der Waals surface area contributed by atoms with E-state index >= 15 is 0 Å². The standard InChI is InChI=1S/C16H29N3O2/c1-14(2)12-17-13-15-11-16(5-6-18-15)19(7-9-20-3)8-10-21-4/h5-6,11,14,17H,7-10,12-13H2,1-4H3. The summed E-state index contributed by atoms with van der Waals surface area (Å²) in [7, 11) is 3.45. The quantitative estimate of drug-likeness (QED) is 0.676. The number of aromatic nitrogens is 1. The second-order valence-electron chi connectivity index (χ2n) is 5.50. The SMILES string of the molecule is COCCN(CCOC)c1ccnc(CNCC(C)C)c1. The first kappa shape index (κ1) is 17.9. The lowest BCUT2D eigenvalue weighted by Gasteiger charge is -2.24. The van der Waals surface area contributed by atoms with Gasteiger partial charge >= 0.3 is 0 Å². The van der Waals surface area contributed by atoms with Crippen molar-refractivity contribution in [1.29, 1.82) is 0 Å². The van der Waals surface area contributed by atoms with Crippen LogP contribution in [0, 0.1) is 5.92 Å². The molecule has 21 heavy (non-hydrogen) atoms. The number of methoxy groups -OCH3 is 2. The normalized spacial score (nSPS) is 11.1. The lowest BCUT2D eigenvalue weighted by atomic mass is 10.2. The van der Waals surface area contributed by atoms with Crippen molar-refractivity contribution in [2.24, 2.45) is 5.92 Å². The molecule has 0 atom stereocenters. The Morgan fingerprint density at radius 1 is 1.19 bits per heavy atom. The topological polar surface area (TPSA) is 46.6 Å². The Balaban J connectivity index is 2.64. The van der Waals surface area contributed by atoms with Gasteiger partial charge in [-0.3, -0.25) is 4.98 Å². The zero-order valence-corrected chi connectivity index (χ0v) is 13.8. The van der Waals surface area contributed by atoms with E-state index in [9.17, 15) is 0 Å². The van der Waals surface area contributed by atoms with E-state index in [2.05, 4.69) is 35.1 Å². The molecule has 0 amide bonds. The van der Waals surface area contributed by atoms with Gasteiger partial charge in [0.25, 0.3) is 0 Å². The zero-order chi connectivity index (χ0) is 15.5. The van der Waals surface area contributed by atoms with Gasteiger partial charge in [0.2, 0.25) is 0 Å². The minimum Gasteiger partial charge on any atom is -0.383 e. The fourth-order valence-electron chi connectivity index (χ4n) is 2.02. The summed E-state index contributed by atoms with van der Waals surface area (Å²) in [5.74, 6) is 0.646. The molecule has 1 aromatic heterocycles. The van der Waals surface area contributed by atoms with E-state index in [0.29, 0.717) is 19.1 Å². The molecule has 0 fully saturated rings. The largest absolute Gasteiger partial charge is 0.383 e. The van der Waals surface area contributed by atoms with Gasteiger partial charge in [-0.1, -0.05) is 13.8 Å². The highest BCUT2D eigenvalue weighted by Gasteiger charge is 2.07. The fourth-order valence-corrected chi connectivity index (χ4v) is 2.02. The summed E-state index contributed by atoms with van der Waals surface area (Å²) in [6.45, 7) is 9.31. The highest BCUT2D eigenvalue weighted by molar-refractivity contribution is 5.46. The second-order valence-corrected chi connectivity index (χ2v) is 5.50. The van der Waals surface area contributed by atoms with Crippen LogP contribution in [0.15, 0.2) is 18.3 Å². The van der Waals surface area contributed by atoms with Crippen LogP contribution in [-0.4, -0.2) is 52.1 Å². The third-order valence-electron chi connectivity index (χ3n) is 3.15. The summed E-state index contributed by atoms with van der Waals surface area (Å²) < 4.78 is 10.4. The van der Waals surface area contributed by atoms with Crippen LogP contribution in [0.25, 0.3) is 0 Å². The van der Waals surface area contributed by atoms with Crippen LogP contribution in [-0.2, 0) is 16.0 Å². The summed E-state index contributed by atoms with van der Waals surface area (Å²) in [5, 5.41) is 3.42. The fraction of sp³-hybridized carbons (Fsp3) is 0.688. The molecule has 5 nitrogen and oxygen atoms in total. The van der Waals surface area contributed by atoms with Gasteiger partial charge in [-0.15, -0.1) is 0 Å². The highest BCUT2D eigenvalue weighted by Crippen LogP contribution is 2.14. The lowest BCUT2D eigenvalue weighted by Crippen LogP contribution is -2.31. The van der Waals surface area contributed by atoms with E-state index in [1.165, 1.54) is 5.69 Å². The Bertz CT molecular complexity index is 378. The summed E-state index contributed by atoms with van der Waals surface area (Å²) in [6, 6.07) is 4.18. The van der Waals surface area contributed by atoms with E-state index in [1.807, 2.05) is 12.3 Å². The van der Waals surface area contributed by atoms with Gasteiger partial charge in [0.05, 0.1) is 18.9 Å². The maximum Gasteiger partial charge on any atom is 0.0637 e. The van der Waals surface area contributed by atoms with Crippen LogP contribution >= 0.6 is 0 Å². The second kappa shape index (κ2) is 10.5. The summed E-state index contributed by atoms with van der Waals surface area (Å²) in [6.07, 6.45) is 1.87. The van der Waals surface area contributed by atoms with Crippen molar-refractivity contribution in [3.8, 4) is 0 Å². The third-order valence-corrected chi connectivity index (χ3v) is 3.15. The first-order valence-corrected chi connectivity index (χ1v) is 7.55. The number of rotatable bonds is 11. The molecule has 0 aliphatic heterocycles. The molecule has 0 unspecified atom stereocenters. The Labute approximate surface area is 128 Å². The lowest BCUT2D eigenvalue weighted by molar-refractivity contribution is 0.190. The average molecular weight is 295 g/mol. The van der Waals surface area contributed by atoms with Crippen molar-refractivity contribution in [2.75, 3.05) is 52.0 Å². The van der Waals surface area contributed by atoms with Gasteiger partial charge in [-0.25, -0.2) is 0 Å². The molecule has 0 aliphatic rings. The molecule has 120 valence electrons. The molecule has 1 heterocycles. The van der Waals surface area contributed by atoms with Crippen LogP contribution < -0.4 is 10.2 Å². The number of nitrogens with zero attached hydrogens (tertiary/aromatic N) is 2. The predicted octanol–water partition coefficient (Wildman–Crippen LogP) is 1.93. The van der Waals surface area contributed by atoms with Gasteiger partial charge in [-0.05, 0) is 24.6 Å². The zero-order valence-electron chi connectivity index (χ0n) is 13.8. The predicted molar refractivity (Wildman–Crippen MR) is 86.7 cm³/mol. The first-order valence-electron chi connectivity index (χ1n) is 7.55. The molecule has 1 N–H and O–H groups in total. The van der Waals surface area contributed by atoms with Crippen LogP contribution in [0.3, 0.4) is 0 Å². The number of nitrogens with one attached hydrogen (secondary N) is 1. The smallest absolute Gasteiger partial charge is 0.0637 e. The number of pyridine rings is 1. The minimum atomic E-state index is 0.646. The van der Waals surface area contributed by atoms with E-state index in [1.54, 1.807) is 14.2 Å². The molecule has 0 spiro atoms. The van der Waals surface area contributed by atoms with Crippen LogP contribution in [0.1, 0.15) is 19.5 Å². The molecule has 1 aromatic rings. The Morgan fingerprint density at radius 2 is 1.86 bits per heavy atom. The summed E-state index contributed by atoms with van der Waals surface area (Å²) in [4.78, 5) is 6.69. The van der Waals surface area contributed by atoms with E-state index in [0.717, 1.165) is 31.9 Å². The van der Waals surface area contributed by atoms with E-state index in [4.69, 9.17) is 9.47 Å². The molecule has 0 radical (unpaired) electrons. The molecule has 0 saturated heterocycles. The van der Waals surface area contributed by atoms with Crippen LogP contribution in [0.5, 0.6) is 0 Å². The van der Waals surface area contributed by atoms with Gasteiger partial charge in [-0.2, -0.15) is 0 Å². The summed E-state index contributed by atoms with van der Waals surface area (Å²) >= 11 is 0. The number of hydrogen-bond donors (Lipinski definition) is 1. The van der Waals surface area contributed by atoms with Gasteiger partial charge in [0.15, 0.2) is 0 Å². The van der Waals surface area contributed by atoms with E-state index in [-0.39, 0.29) is 0 Å². The number of hydrogen-bond acceptors (Lipinski definition) is 5. The molecule has 0 bridgehead atoms. The number of ether oxygens (including phenoxy) is 2. The Morgan fingerprint density at radius 3 is 2.43 bits per heavy atom. The van der Waals surface area contributed by atoms with Gasteiger partial charge in [0, 0.05) is 45.7 Å². The maximum absolute atomic E-state index is 5.18. The van der Waals surface area contributed by atoms with Crippen molar-refractivity contribution < 1.29 is 9.47 Å². The van der Waals surface area contributed by atoms with Crippen LogP contribution in [0.2, 0.25) is 0 Å². The highest BCUT2D eigenvalue weighted by atomic mass is 16.5. The molecule has 0 aliphatic carbocycles. The first-order chi connectivity index (χ1) is 10.2. The molecular weight excluding hydrogens is 266 g/mol. The van der Waals surface area contributed by atoms with E-state index < -0.39 is 0 Å². The van der Waals surface area contributed by atoms with Crippen molar-refractivity contribution in [3.05, 3.63) is 24.0 Å².